The lowest BCUT2D eigenvalue weighted by molar-refractivity contribution is 0.0507. The zero-order chi connectivity index (χ0) is 18.4. The van der Waals surface area contributed by atoms with E-state index in [-0.39, 0.29) is 36.1 Å². The molecule has 1 atom stereocenters. The molecule has 2 N–H and O–H groups in total. The first-order chi connectivity index (χ1) is 11.8. The van der Waals surface area contributed by atoms with Crippen molar-refractivity contribution in [2.75, 3.05) is 19.6 Å². The van der Waals surface area contributed by atoms with Crippen LogP contribution in [0.2, 0.25) is 0 Å². The molecular weight excluding hydrogens is 465 g/mol. The van der Waals surface area contributed by atoms with Crippen molar-refractivity contribution in [1.82, 2.24) is 20.5 Å². The van der Waals surface area contributed by atoms with Gasteiger partial charge in [0.25, 0.3) is 0 Å². The topological polar surface area (TPSA) is 78.9 Å². The molecule has 2 rings (SSSR count). The number of carbonyl (C=O) groups excluding carboxylic acids is 1. The highest BCUT2D eigenvalue weighted by Gasteiger charge is 2.27. The fourth-order valence-corrected chi connectivity index (χ4v) is 3.30. The Morgan fingerprint density at radius 3 is 2.81 bits per heavy atom. The molecule has 9 heteroatoms. The van der Waals surface area contributed by atoms with Gasteiger partial charge in [0.1, 0.15) is 10.6 Å². The monoisotopic (exact) mass is 495 g/mol. The van der Waals surface area contributed by atoms with E-state index in [1.165, 1.54) is 4.88 Å². The Hall–Kier alpha value is -1.10. The first kappa shape index (κ1) is 22.9. The van der Waals surface area contributed by atoms with Gasteiger partial charge in [-0.05, 0) is 41.0 Å². The van der Waals surface area contributed by atoms with Crippen LogP contribution < -0.4 is 10.6 Å². The summed E-state index contributed by atoms with van der Waals surface area (Å²) >= 11 is 1.67. The molecule has 7 nitrogen and oxygen atoms in total. The van der Waals surface area contributed by atoms with Crippen LogP contribution in [0.5, 0.6) is 0 Å². The highest BCUT2D eigenvalue weighted by molar-refractivity contribution is 14.0. The number of halogens is 1. The third-order valence-corrected chi connectivity index (χ3v) is 4.47. The zero-order valence-electron chi connectivity index (χ0n) is 16.2. The maximum atomic E-state index is 11.9. The number of aliphatic imine (C=N–C) groups is 1. The van der Waals surface area contributed by atoms with Crippen LogP contribution in [0.4, 0.5) is 4.79 Å². The molecule has 26 heavy (non-hydrogen) atoms. The van der Waals surface area contributed by atoms with Gasteiger partial charge in [-0.2, -0.15) is 0 Å². The van der Waals surface area contributed by atoms with Gasteiger partial charge in [-0.25, -0.2) is 14.8 Å². The second-order valence-electron chi connectivity index (χ2n) is 7.11. The number of nitrogens with one attached hydrogen (secondary N) is 2. The number of likely N-dealkylation sites (tertiary alicyclic amines) is 1. The van der Waals surface area contributed by atoms with E-state index < -0.39 is 5.60 Å². The highest BCUT2D eigenvalue weighted by Crippen LogP contribution is 2.14. The van der Waals surface area contributed by atoms with Gasteiger partial charge < -0.3 is 20.3 Å². The standard InChI is InChI=1S/C17H29N5O2S.HI/c1-6-18-15(20-10-14-19-9-12(2)25-14)22-8-7-13(11-22)21-16(23)24-17(3,4)5;/h9,13H,6-8,10-11H2,1-5H3,(H,18,20)(H,21,23);1H. The van der Waals surface area contributed by atoms with Gasteiger partial charge in [-0.1, -0.05) is 0 Å². The molecule has 1 saturated heterocycles. The van der Waals surface area contributed by atoms with E-state index >= 15 is 0 Å². The second kappa shape index (κ2) is 10.3. The molecule has 1 amide bonds. The van der Waals surface area contributed by atoms with Crippen molar-refractivity contribution in [2.24, 2.45) is 4.99 Å². The van der Waals surface area contributed by atoms with Crippen LogP contribution in [0.3, 0.4) is 0 Å². The van der Waals surface area contributed by atoms with Crippen LogP contribution >= 0.6 is 35.3 Å². The van der Waals surface area contributed by atoms with Crippen molar-refractivity contribution in [3.63, 3.8) is 0 Å². The van der Waals surface area contributed by atoms with E-state index in [1.54, 1.807) is 11.3 Å². The number of rotatable bonds is 4. The Morgan fingerprint density at radius 1 is 1.50 bits per heavy atom. The van der Waals surface area contributed by atoms with Crippen molar-refractivity contribution in [2.45, 2.75) is 59.2 Å². The maximum absolute atomic E-state index is 11.9. The minimum atomic E-state index is -0.482. The third kappa shape index (κ3) is 7.65. The molecule has 1 aliphatic heterocycles. The lowest BCUT2D eigenvalue weighted by Crippen LogP contribution is -2.44. The fraction of sp³-hybridized carbons (Fsp3) is 0.706. The average molecular weight is 495 g/mol. The highest BCUT2D eigenvalue weighted by atomic mass is 127. The van der Waals surface area contributed by atoms with Crippen molar-refractivity contribution in [3.05, 3.63) is 16.1 Å². The van der Waals surface area contributed by atoms with Crippen LogP contribution in [0, 0.1) is 6.92 Å². The quantitative estimate of drug-likeness (QED) is 0.381. The first-order valence-corrected chi connectivity index (χ1v) is 9.52. The van der Waals surface area contributed by atoms with Gasteiger partial charge in [0, 0.05) is 30.7 Å². The van der Waals surface area contributed by atoms with Crippen molar-refractivity contribution >= 4 is 47.4 Å². The predicted octanol–water partition coefficient (Wildman–Crippen LogP) is 3.13. The lowest BCUT2D eigenvalue weighted by atomic mass is 10.2. The fourth-order valence-electron chi connectivity index (χ4n) is 2.59. The van der Waals surface area contributed by atoms with E-state index in [0.29, 0.717) is 6.54 Å². The SMILES string of the molecule is CCNC(=NCc1ncc(C)s1)N1CCC(NC(=O)OC(C)(C)C)C1.I. The number of guanidine groups is 1. The summed E-state index contributed by atoms with van der Waals surface area (Å²) < 4.78 is 5.33. The van der Waals surface area contributed by atoms with Crippen LogP contribution in [0.15, 0.2) is 11.2 Å². The predicted molar refractivity (Wildman–Crippen MR) is 116 cm³/mol. The van der Waals surface area contributed by atoms with Crippen LogP contribution in [-0.2, 0) is 11.3 Å². The van der Waals surface area contributed by atoms with Crippen LogP contribution in [-0.4, -0.2) is 53.2 Å². The molecule has 1 fully saturated rings. The van der Waals surface area contributed by atoms with Gasteiger partial charge in [0.2, 0.25) is 0 Å². The summed E-state index contributed by atoms with van der Waals surface area (Å²) in [4.78, 5) is 24.3. The largest absolute Gasteiger partial charge is 0.444 e. The Labute approximate surface area is 177 Å². The number of amides is 1. The van der Waals surface area contributed by atoms with E-state index in [0.717, 1.165) is 37.0 Å². The maximum Gasteiger partial charge on any atom is 0.407 e. The smallest absolute Gasteiger partial charge is 0.407 e. The summed E-state index contributed by atoms with van der Waals surface area (Å²) in [5.74, 6) is 0.865. The molecule has 0 radical (unpaired) electrons. The van der Waals surface area contributed by atoms with Crippen molar-refractivity contribution in [3.8, 4) is 0 Å². The van der Waals surface area contributed by atoms with Crippen molar-refractivity contribution in [1.29, 1.82) is 0 Å². The minimum absolute atomic E-state index is 0. The molecule has 2 heterocycles. The molecular formula is C17H30IN5O2S. The minimum Gasteiger partial charge on any atom is -0.444 e. The van der Waals surface area contributed by atoms with Gasteiger partial charge >= 0.3 is 6.09 Å². The zero-order valence-corrected chi connectivity index (χ0v) is 19.3. The summed E-state index contributed by atoms with van der Waals surface area (Å²) in [6, 6.07) is 0.0702. The van der Waals surface area contributed by atoms with Gasteiger partial charge in [-0.15, -0.1) is 35.3 Å². The molecule has 0 bridgehead atoms. The Morgan fingerprint density at radius 2 is 2.23 bits per heavy atom. The van der Waals surface area contributed by atoms with E-state index in [9.17, 15) is 4.79 Å². The molecule has 1 aromatic heterocycles. The molecule has 1 aromatic rings. The Bertz CT molecular complexity index is 615. The molecule has 0 aromatic carbocycles. The Balaban J connectivity index is 0.00000338. The number of aromatic nitrogens is 1. The number of aryl methyl sites for hydroxylation is 1. The number of nitrogens with zero attached hydrogens (tertiary/aromatic N) is 3. The second-order valence-corrected chi connectivity index (χ2v) is 8.43. The molecule has 0 saturated carbocycles. The summed E-state index contributed by atoms with van der Waals surface area (Å²) in [5, 5.41) is 7.28. The van der Waals surface area contributed by atoms with Gasteiger partial charge in [0.05, 0.1) is 12.6 Å². The summed E-state index contributed by atoms with van der Waals surface area (Å²) in [5.41, 5.74) is -0.482. The normalized spacial score (nSPS) is 17.7. The van der Waals surface area contributed by atoms with Crippen LogP contribution in [0.25, 0.3) is 0 Å². The first-order valence-electron chi connectivity index (χ1n) is 8.71. The Kier molecular flexibility index (Phi) is 9.08. The lowest BCUT2D eigenvalue weighted by Gasteiger charge is -2.23. The molecule has 0 aliphatic carbocycles. The summed E-state index contributed by atoms with van der Waals surface area (Å²) in [6.45, 7) is 12.6. The summed E-state index contributed by atoms with van der Waals surface area (Å²) in [6.07, 6.45) is 2.39. The van der Waals surface area contributed by atoms with Crippen LogP contribution in [0.1, 0.15) is 44.0 Å². The van der Waals surface area contributed by atoms with Crippen molar-refractivity contribution < 1.29 is 9.53 Å². The third-order valence-electron chi connectivity index (χ3n) is 3.58. The average Bonchev–Trinajstić information content (AvgIpc) is 3.10. The molecule has 148 valence electrons. The van der Waals surface area contributed by atoms with E-state index in [4.69, 9.17) is 4.74 Å². The van der Waals surface area contributed by atoms with E-state index in [2.05, 4.69) is 32.4 Å². The number of hydrogen-bond donors (Lipinski definition) is 2. The number of hydrogen-bond acceptors (Lipinski definition) is 5. The number of thiazole rings is 1. The number of ether oxygens (including phenoxy) is 1. The molecule has 1 aliphatic rings. The van der Waals surface area contributed by atoms with Gasteiger partial charge in [0.15, 0.2) is 5.96 Å². The molecule has 0 spiro atoms. The molecule has 1 unspecified atom stereocenters. The van der Waals surface area contributed by atoms with Gasteiger partial charge in [-0.3, -0.25) is 0 Å². The number of carbonyl (C=O) groups is 1. The number of alkyl carbamates (subject to hydrolysis) is 1. The summed E-state index contributed by atoms with van der Waals surface area (Å²) in [7, 11) is 0. The van der Waals surface area contributed by atoms with E-state index in [1.807, 2.05) is 33.9 Å².